The quantitative estimate of drug-likeness (QED) is 0.512. The molecule has 7 heteroatoms. The molecule has 0 spiro atoms. The summed E-state index contributed by atoms with van der Waals surface area (Å²) >= 11 is 0. The molecule has 1 unspecified atom stereocenters. The molecule has 1 aromatic carbocycles. The molecule has 1 atom stereocenters. The first-order chi connectivity index (χ1) is 9.49. The second-order valence-corrected chi connectivity index (χ2v) is 5.33. The van der Waals surface area contributed by atoms with Crippen LogP contribution in [0.4, 0.5) is 27.6 Å². The molecule has 3 aliphatic rings. The van der Waals surface area contributed by atoms with Crippen molar-refractivity contribution in [3.8, 4) is 0 Å². The summed E-state index contributed by atoms with van der Waals surface area (Å²) < 4.78 is 66.4. The van der Waals surface area contributed by atoms with Crippen LogP contribution >= 0.6 is 0 Å². The molecule has 0 saturated carbocycles. The van der Waals surface area contributed by atoms with Gasteiger partial charge in [0.05, 0.1) is 0 Å². The summed E-state index contributed by atoms with van der Waals surface area (Å²) in [6, 6.07) is -0.286. The maximum absolute atomic E-state index is 13.6. The van der Waals surface area contributed by atoms with Crippen molar-refractivity contribution in [1.29, 1.82) is 0 Å². The van der Waals surface area contributed by atoms with Crippen LogP contribution in [0.25, 0.3) is 0 Å². The van der Waals surface area contributed by atoms with E-state index in [1.807, 2.05) is 0 Å². The predicted octanol–water partition coefficient (Wildman–Crippen LogP) is 2.89. The number of anilines is 1. The van der Waals surface area contributed by atoms with Crippen molar-refractivity contribution in [2.75, 3.05) is 25.0 Å². The third kappa shape index (κ3) is 2.04. The third-order valence-corrected chi connectivity index (χ3v) is 4.20. The summed E-state index contributed by atoms with van der Waals surface area (Å²) in [7, 11) is 0. The van der Waals surface area contributed by atoms with Gasteiger partial charge in [-0.2, -0.15) is 0 Å². The molecule has 0 aliphatic carbocycles. The molecule has 1 aromatic rings. The molecule has 4 rings (SSSR count). The van der Waals surface area contributed by atoms with E-state index in [1.54, 1.807) is 0 Å². The Labute approximate surface area is 112 Å². The lowest BCUT2D eigenvalue weighted by molar-refractivity contribution is 0.0971. The fourth-order valence-electron chi connectivity index (χ4n) is 3.05. The first-order valence-corrected chi connectivity index (χ1v) is 6.49. The fraction of sp³-hybridized carbons (Fsp3) is 0.538. The van der Waals surface area contributed by atoms with Crippen LogP contribution in [-0.2, 0) is 0 Å². The van der Waals surface area contributed by atoms with Crippen LogP contribution in [0.15, 0.2) is 0 Å². The van der Waals surface area contributed by atoms with Gasteiger partial charge >= 0.3 is 0 Å². The van der Waals surface area contributed by atoms with Crippen molar-refractivity contribution >= 4 is 5.69 Å². The van der Waals surface area contributed by atoms with Crippen LogP contribution in [0.5, 0.6) is 0 Å². The van der Waals surface area contributed by atoms with Crippen LogP contribution in [0, 0.1) is 35.0 Å². The number of rotatable bonds is 2. The topological polar surface area (TPSA) is 15.3 Å². The Morgan fingerprint density at radius 2 is 1.30 bits per heavy atom. The standard InChI is InChI=1S/C13H13F5N2/c14-8-9(15)11(17)13(12(18)10(8)16)19-7-5-20-3-1-6(7)2-4-20/h6-7,19H,1-5H2. The average molecular weight is 292 g/mol. The highest BCUT2D eigenvalue weighted by Gasteiger charge is 2.36. The Hall–Kier alpha value is -1.37. The Balaban J connectivity index is 1.91. The second-order valence-electron chi connectivity index (χ2n) is 5.33. The van der Waals surface area contributed by atoms with E-state index in [0.717, 1.165) is 25.9 Å². The van der Waals surface area contributed by atoms with Crippen molar-refractivity contribution < 1.29 is 22.0 Å². The highest BCUT2D eigenvalue weighted by molar-refractivity contribution is 5.49. The minimum Gasteiger partial charge on any atom is -0.376 e. The first-order valence-electron chi connectivity index (χ1n) is 6.49. The second kappa shape index (κ2) is 4.87. The molecule has 2 nitrogen and oxygen atoms in total. The summed E-state index contributed by atoms with van der Waals surface area (Å²) in [5.74, 6) is -9.33. The van der Waals surface area contributed by atoms with Gasteiger partial charge in [0.2, 0.25) is 5.82 Å². The predicted molar refractivity (Wildman–Crippen MR) is 62.8 cm³/mol. The molecule has 0 aromatic heterocycles. The molecule has 3 heterocycles. The van der Waals surface area contributed by atoms with Crippen molar-refractivity contribution in [1.82, 2.24) is 4.90 Å². The maximum Gasteiger partial charge on any atom is 0.200 e. The molecule has 110 valence electrons. The van der Waals surface area contributed by atoms with Gasteiger partial charge in [-0.05, 0) is 31.8 Å². The van der Waals surface area contributed by atoms with Crippen molar-refractivity contribution in [3.63, 3.8) is 0 Å². The Kier molecular flexibility index (Phi) is 3.32. The summed E-state index contributed by atoms with van der Waals surface area (Å²) in [4.78, 5) is 2.11. The van der Waals surface area contributed by atoms with E-state index in [1.165, 1.54) is 0 Å². The van der Waals surface area contributed by atoms with Crippen LogP contribution < -0.4 is 5.32 Å². The third-order valence-electron chi connectivity index (χ3n) is 4.20. The van der Waals surface area contributed by atoms with Crippen LogP contribution in [-0.4, -0.2) is 30.6 Å². The van der Waals surface area contributed by atoms with Crippen LogP contribution in [0.1, 0.15) is 12.8 Å². The van der Waals surface area contributed by atoms with E-state index in [0.29, 0.717) is 6.54 Å². The molecule has 3 saturated heterocycles. The highest BCUT2D eigenvalue weighted by atomic mass is 19.2. The van der Waals surface area contributed by atoms with E-state index in [4.69, 9.17) is 0 Å². The lowest BCUT2D eigenvalue weighted by Gasteiger charge is -2.45. The normalized spacial score (nSPS) is 28.8. The number of halogens is 5. The number of hydrogen-bond donors (Lipinski definition) is 1. The average Bonchev–Trinajstić information content (AvgIpc) is 2.49. The summed E-state index contributed by atoms with van der Waals surface area (Å²) in [5.41, 5.74) is -0.917. The Bertz CT molecular complexity index is 511. The summed E-state index contributed by atoms with van der Waals surface area (Å²) in [5, 5.41) is 2.52. The van der Waals surface area contributed by atoms with E-state index < -0.39 is 34.8 Å². The SMILES string of the molecule is Fc1c(F)c(F)c(NC2CN3CCC2CC3)c(F)c1F. The van der Waals surface area contributed by atoms with Crippen molar-refractivity contribution in [2.24, 2.45) is 5.92 Å². The molecular formula is C13H13F5N2. The maximum atomic E-state index is 13.6. The molecule has 2 bridgehead atoms. The summed E-state index contributed by atoms with van der Waals surface area (Å²) in [6.45, 7) is 2.39. The Morgan fingerprint density at radius 3 is 1.75 bits per heavy atom. The van der Waals surface area contributed by atoms with E-state index >= 15 is 0 Å². The van der Waals surface area contributed by atoms with E-state index in [2.05, 4.69) is 10.2 Å². The molecule has 20 heavy (non-hydrogen) atoms. The lowest BCUT2D eigenvalue weighted by Crippen LogP contribution is -2.53. The van der Waals surface area contributed by atoms with Gasteiger partial charge in [0, 0.05) is 12.6 Å². The minimum absolute atomic E-state index is 0.204. The lowest BCUT2D eigenvalue weighted by atomic mass is 9.84. The van der Waals surface area contributed by atoms with Gasteiger partial charge < -0.3 is 10.2 Å². The van der Waals surface area contributed by atoms with Gasteiger partial charge in [0.15, 0.2) is 23.3 Å². The molecule has 1 N–H and O–H groups in total. The molecular weight excluding hydrogens is 279 g/mol. The number of benzene rings is 1. The van der Waals surface area contributed by atoms with Crippen LogP contribution in [0.3, 0.4) is 0 Å². The first kappa shape index (κ1) is 13.6. The molecule has 3 fully saturated rings. The fourth-order valence-corrected chi connectivity index (χ4v) is 3.05. The van der Waals surface area contributed by atoms with Crippen molar-refractivity contribution in [3.05, 3.63) is 29.1 Å². The highest BCUT2D eigenvalue weighted by Crippen LogP contribution is 2.33. The van der Waals surface area contributed by atoms with Gasteiger partial charge in [-0.25, -0.2) is 22.0 Å². The van der Waals surface area contributed by atoms with Gasteiger partial charge in [0.25, 0.3) is 0 Å². The number of hydrogen-bond acceptors (Lipinski definition) is 2. The minimum atomic E-state index is -2.13. The number of nitrogens with zero attached hydrogens (tertiary/aromatic N) is 1. The van der Waals surface area contributed by atoms with E-state index in [-0.39, 0.29) is 12.0 Å². The molecule has 0 radical (unpaired) electrons. The summed E-state index contributed by atoms with van der Waals surface area (Å²) in [6.07, 6.45) is 1.74. The number of nitrogens with one attached hydrogen (secondary N) is 1. The van der Waals surface area contributed by atoms with E-state index in [9.17, 15) is 22.0 Å². The zero-order valence-electron chi connectivity index (χ0n) is 10.5. The number of piperidine rings is 3. The van der Waals surface area contributed by atoms with Gasteiger partial charge in [-0.1, -0.05) is 0 Å². The zero-order chi connectivity index (χ0) is 14.4. The molecule has 0 amide bonds. The zero-order valence-corrected chi connectivity index (χ0v) is 10.5. The van der Waals surface area contributed by atoms with Gasteiger partial charge in [-0.3, -0.25) is 0 Å². The van der Waals surface area contributed by atoms with Gasteiger partial charge in [-0.15, -0.1) is 0 Å². The van der Waals surface area contributed by atoms with Gasteiger partial charge in [0.1, 0.15) is 5.69 Å². The monoisotopic (exact) mass is 292 g/mol. The largest absolute Gasteiger partial charge is 0.376 e. The van der Waals surface area contributed by atoms with Crippen molar-refractivity contribution in [2.45, 2.75) is 18.9 Å². The smallest absolute Gasteiger partial charge is 0.200 e. The Morgan fingerprint density at radius 1 is 0.800 bits per heavy atom. The van der Waals surface area contributed by atoms with Crippen LogP contribution in [0.2, 0.25) is 0 Å². The molecule has 3 aliphatic heterocycles. The number of fused-ring (bicyclic) bond motifs is 3.